The zero-order valence-electron chi connectivity index (χ0n) is 11.6. The van der Waals surface area contributed by atoms with Gasteiger partial charge in [0.2, 0.25) is 5.90 Å². The first-order valence-corrected chi connectivity index (χ1v) is 6.44. The number of aromatic nitrogens is 1. The van der Waals surface area contributed by atoms with E-state index in [-0.39, 0.29) is 11.6 Å². The number of carbonyl (C=O) groups is 1. The molecule has 1 aromatic heterocycles. The average Bonchev–Trinajstić information content (AvgIpc) is 2.90. The van der Waals surface area contributed by atoms with Crippen LogP contribution in [0.15, 0.2) is 53.4 Å². The van der Waals surface area contributed by atoms with E-state index in [2.05, 4.69) is 9.98 Å². The number of aliphatic imine (C=N–C) groups is 1. The molecule has 1 aliphatic heterocycles. The highest BCUT2D eigenvalue weighted by Gasteiger charge is 2.24. The molecule has 0 unspecified atom stereocenters. The van der Waals surface area contributed by atoms with Gasteiger partial charge in [0.25, 0.3) is 0 Å². The van der Waals surface area contributed by atoms with Crippen LogP contribution >= 0.6 is 0 Å². The minimum atomic E-state index is -0.606. The van der Waals surface area contributed by atoms with E-state index in [9.17, 15) is 9.18 Å². The molecule has 0 aliphatic carbocycles. The SMILES string of the molecule is COc1ccc(F)cc1/C=C1/N=C(c2cccnc2)OC1=O. The molecule has 0 saturated carbocycles. The Bertz CT molecular complexity index is 785. The first-order chi connectivity index (χ1) is 10.7. The summed E-state index contributed by atoms with van der Waals surface area (Å²) in [5, 5.41) is 0. The number of hydrogen-bond donors (Lipinski definition) is 0. The Morgan fingerprint density at radius 1 is 1.32 bits per heavy atom. The second-order valence-corrected chi connectivity index (χ2v) is 4.46. The van der Waals surface area contributed by atoms with Crippen molar-refractivity contribution in [3.05, 3.63) is 65.4 Å². The van der Waals surface area contributed by atoms with Crippen molar-refractivity contribution in [2.45, 2.75) is 0 Å². The molecule has 0 atom stereocenters. The molecular formula is C16H11FN2O3. The van der Waals surface area contributed by atoms with Gasteiger partial charge < -0.3 is 9.47 Å². The van der Waals surface area contributed by atoms with Gasteiger partial charge in [-0.15, -0.1) is 0 Å². The number of rotatable bonds is 3. The number of benzene rings is 1. The predicted molar refractivity (Wildman–Crippen MR) is 77.8 cm³/mol. The third-order valence-corrected chi connectivity index (χ3v) is 3.01. The van der Waals surface area contributed by atoms with E-state index in [0.29, 0.717) is 16.9 Å². The standard InChI is InChI=1S/C16H11FN2O3/c1-21-14-5-4-12(17)7-11(14)8-13-16(20)22-15(19-13)10-3-2-6-18-9-10/h2-9H,1H3/b13-8+. The fourth-order valence-electron chi connectivity index (χ4n) is 1.99. The van der Waals surface area contributed by atoms with E-state index in [1.54, 1.807) is 18.3 Å². The van der Waals surface area contributed by atoms with Crippen LogP contribution in [0.3, 0.4) is 0 Å². The summed E-state index contributed by atoms with van der Waals surface area (Å²) in [6.45, 7) is 0. The highest BCUT2D eigenvalue weighted by Crippen LogP contribution is 2.25. The van der Waals surface area contributed by atoms with Crippen LogP contribution in [0, 0.1) is 5.82 Å². The molecule has 2 aromatic rings. The van der Waals surface area contributed by atoms with Crippen LogP contribution in [0.25, 0.3) is 6.08 Å². The molecule has 3 rings (SSSR count). The van der Waals surface area contributed by atoms with Gasteiger partial charge in [0, 0.05) is 18.0 Å². The van der Waals surface area contributed by atoms with Crippen LogP contribution in [0.4, 0.5) is 4.39 Å². The van der Waals surface area contributed by atoms with Gasteiger partial charge in [-0.2, -0.15) is 0 Å². The number of hydrogen-bond acceptors (Lipinski definition) is 5. The number of nitrogens with zero attached hydrogens (tertiary/aromatic N) is 2. The molecule has 5 nitrogen and oxygen atoms in total. The summed E-state index contributed by atoms with van der Waals surface area (Å²) in [5.74, 6) is -0.438. The van der Waals surface area contributed by atoms with Gasteiger partial charge in [-0.25, -0.2) is 14.2 Å². The van der Waals surface area contributed by atoms with Crippen molar-refractivity contribution in [1.29, 1.82) is 0 Å². The molecular weight excluding hydrogens is 287 g/mol. The average molecular weight is 298 g/mol. The first kappa shape index (κ1) is 13.9. The molecule has 1 aliphatic rings. The Kier molecular flexibility index (Phi) is 3.65. The van der Waals surface area contributed by atoms with Crippen LogP contribution in [0.1, 0.15) is 11.1 Å². The molecule has 0 bridgehead atoms. The molecule has 0 N–H and O–H groups in total. The van der Waals surface area contributed by atoms with Crippen molar-refractivity contribution in [3.63, 3.8) is 0 Å². The molecule has 0 saturated heterocycles. The largest absolute Gasteiger partial charge is 0.496 e. The molecule has 2 heterocycles. The van der Waals surface area contributed by atoms with Crippen molar-refractivity contribution in [2.24, 2.45) is 4.99 Å². The zero-order chi connectivity index (χ0) is 15.5. The lowest BCUT2D eigenvalue weighted by molar-refractivity contribution is -0.129. The van der Waals surface area contributed by atoms with Crippen molar-refractivity contribution in [3.8, 4) is 5.75 Å². The second-order valence-electron chi connectivity index (χ2n) is 4.46. The minimum absolute atomic E-state index is 0.0720. The smallest absolute Gasteiger partial charge is 0.363 e. The maximum absolute atomic E-state index is 13.4. The van der Waals surface area contributed by atoms with Gasteiger partial charge in [-0.05, 0) is 36.4 Å². The lowest BCUT2D eigenvalue weighted by atomic mass is 10.1. The van der Waals surface area contributed by atoms with Gasteiger partial charge in [-0.3, -0.25) is 4.98 Å². The normalized spacial score (nSPS) is 15.6. The van der Waals surface area contributed by atoms with Crippen molar-refractivity contribution in [2.75, 3.05) is 7.11 Å². The van der Waals surface area contributed by atoms with E-state index in [1.165, 1.54) is 37.6 Å². The van der Waals surface area contributed by atoms with E-state index in [1.807, 2.05) is 0 Å². The predicted octanol–water partition coefficient (Wildman–Crippen LogP) is 2.57. The van der Waals surface area contributed by atoms with Gasteiger partial charge in [0.05, 0.1) is 12.7 Å². The highest BCUT2D eigenvalue weighted by atomic mass is 19.1. The van der Waals surface area contributed by atoms with Gasteiger partial charge >= 0.3 is 5.97 Å². The number of pyridine rings is 1. The van der Waals surface area contributed by atoms with Crippen molar-refractivity contribution >= 4 is 17.9 Å². The van der Waals surface area contributed by atoms with Crippen molar-refractivity contribution < 1.29 is 18.7 Å². The number of esters is 1. The molecule has 0 spiro atoms. The molecule has 6 heteroatoms. The molecule has 0 amide bonds. The quantitative estimate of drug-likeness (QED) is 0.645. The summed E-state index contributed by atoms with van der Waals surface area (Å²) in [6, 6.07) is 7.45. The summed E-state index contributed by atoms with van der Waals surface area (Å²) in [4.78, 5) is 20.0. The third-order valence-electron chi connectivity index (χ3n) is 3.01. The van der Waals surface area contributed by atoms with Crippen LogP contribution in [0.5, 0.6) is 5.75 Å². The third kappa shape index (κ3) is 2.71. The summed E-state index contributed by atoms with van der Waals surface area (Å²) >= 11 is 0. The monoisotopic (exact) mass is 298 g/mol. The molecule has 110 valence electrons. The highest BCUT2D eigenvalue weighted by molar-refractivity contribution is 6.12. The van der Waals surface area contributed by atoms with Crippen LogP contribution in [-0.4, -0.2) is 24.0 Å². The number of halogens is 1. The number of methoxy groups -OCH3 is 1. The van der Waals surface area contributed by atoms with E-state index in [0.717, 1.165) is 0 Å². The Hall–Kier alpha value is -3.02. The Labute approximate surface area is 125 Å². The topological polar surface area (TPSA) is 60.8 Å². The summed E-state index contributed by atoms with van der Waals surface area (Å²) in [5.41, 5.74) is 1.07. The first-order valence-electron chi connectivity index (χ1n) is 6.44. The van der Waals surface area contributed by atoms with Crippen molar-refractivity contribution in [1.82, 2.24) is 4.98 Å². The number of cyclic esters (lactones) is 1. The van der Waals surface area contributed by atoms with Gasteiger partial charge in [0.15, 0.2) is 5.70 Å². The van der Waals surface area contributed by atoms with E-state index in [4.69, 9.17) is 9.47 Å². The fourth-order valence-corrected chi connectivity index (χ4v) is 1.99. The van der Waals surface area contributed by atoms with Gasteiger partial charge in [0.1, 0.15) is 11.6 Å². The van der Waals surface area contributed by atoms with Crippen LogP contribution in [-0.2, 0) is 9.53 Å². The maximum Gasteiger partial charge on any atom is 0.363 e. The van der Waals surface area contributed by atoms with E-state index >= 15 is 0 Å². The maximum atomic E-state index is 13.4. The molecule has 0 fully saturated rings. The number of carbonyl (C=O) groups excluding carboxylic acids is 1. The molecule has 0 radical (unpaired) electrons. The summed E-state index contributed by atoms with van der Waals surface area (Å²) in [6.07, 6.45) is 4.57. The zero-order valence-corrected chi connectivity index (χ0v) is 11.6. The van der Waals surface area contributed by atoms with Crippen LogP contribution < -0.4 is 4.74 Å². The fraction of sp³-hybridized carbons (Fsp3) is 0.0625. The summed E-state index contributed by atoms with van der Waals surface area (Å²) < 4.78 is 23.6. The van der Waals surface area contributed by atoms with E-state index < -0.39 is 11.8 Å². The van der Waals surface area contributed by atoms with Gasteiger partial charge in [-0.1, -0.05) is 0 Å². The Morgan fingerprint density at radius 3 is 2.91 bits per heavy atom. The lowest BCUT2D eigenvalue weighted by Gasteiger charge is -2.04. The summed E-state index contributed by atoms with van der Waals surface area (Å²) in [7, 11) is 1.46. The molecule has 1 aromatic carbocycles. The number of ether oxygens (including phenoxy) is 2. The lowest BCUT2D eigenvalue weighted by Crippen LogP contribution is -2.05. The Balaban J connectivity index is 2.00. The Morgan fingerprint density at radius 2 is 2.18 bits per heavy atom. The minimum Gasteiger partial charge on any atom is -0.496 e. The second kappa shape index (κ2) is 5.77. The molecule has 22 heavy (non-hydrogen) atoms. The van der Waals surface area contributed by atoms with Crippen LogP contribution in [0.2, 0.25) is 0 Å².